The zero-order chi connectivity index (χ0) is 54.8. The van der Waals surface area contributed by atoms with Gasteiger partial charge in [0.1, 0.15) is 0 Å². The number of hydrogen-bond donors (Lipinski definition) is 5. The smallest absolute Gasteiger partial charge is 0.318 e. The van der Waals surface area contributed by atoms with Gasteiger partial charge in [-0.25, -0.2) is 0 Å². The van der Waals surface area contributed by atoms with E-state index in [-0.39, 0.29) is 5.75 Å². The quantitative estimate of drug-likeness (QED) is 0.0221. The van der Waals surface area contributed by atoms with Gasteiger partial charge in [-0.2, -0.15) is 43.7 Å². The van der Waals surface area contributed by atoms with Gasteiger partial charge in [0, 0.05) is 56.5 Å². The summed E-state index contributed by atoms with van der Waals surface area (Å²) in [7, 11) is -12.1. The van der Waals surface area contributed by atoms with Crippen LogP contribution >= 0.6 is 35.3 Å². The van der Waals surface area contributed by atoms with Gasteiger partial charge in [-0.1, -0.05) is 182 Å². The highest BCUT2D eigenvalue weighted by atomic mass is 32.2. The summed E-state index contributed by atoms with van der Waals surface area (Å²) < 4.78 is 53.4. The van der Waals surface area contributed by atoms with Crippen molar-refractivity contribution in [2.45, 2.75) is 270 Å². The Morgan fingerprint density at radius 2 is 0.635 bits per heavy atom. The molecule has 1 rings (SSSR count). The van der Waals surface area contributed by atoms with Gasteiger partial charge in [-0.05, 0) is 80.7 Å². The molecule has 1 fully saturated rings. The molecule has 0 bridgehead atoms. The number of hydrogen-bond acceptors (Lipinski definition) is 14. The van der Waals surface area contributed by atoms with Gasteiger partial charge in [-0.15, -0.1) is 0 Å². The molecule has 0 amide bonds. The van der Waals surface area contributed by atoms with Crippen molar-refractivity contribution in [3.05, 3.63) is 0 Å². The minimum absolute atomic E-state index is 0.269. The first kappa shape index (κ1) is 73.3. The topological polar surface area (TPSA) is 169 Å². The SMILES string of the molecule is CCCCCCCCC(O)CN(CCSCC[Si]1(C)O[Si](C)(CCSCCN(CC(O)CCCCCCCC)CC(O)CCCCCCCC)O[Si](C)(CCSCCS(=O)(=O)O)O1)CC(O)CCCCCCCC. The predicted molar refractivity (Wildman–Crippen MR) is 330 cm³/mol. The molecule has 1 aliphatic heterocycles. The summed E-state index contributed by atoms with van der Waals surface area (Å²) in [4.78, 5) is 4.58. The van der Waals surface area contributed by atoms with Gasteiger partial charge >= 0.3 is 25.7 Å². The normalized spacial score (nSPS) is 21.2. The third kappa shape index (κ3) is 42.1. The van der Waals surface area contributed by atoms with Crippen LogP contribution in [0.1, 0.15) is 207 Å². The van der Waals surface area contributed by atoms with E-state index in [9.17, 15) is 33.4 Å². The molecule has 12 nitrogen and oxygen atoms in total. The maximum atomic E-state index is 11.4. The van der Waals surface area contributed by atoms with E-state index < -0.39 is 60.2 Å². The fraction of sp³-hybridized carbons (Fsp3) is 1.00. The summed E-state index contributed by atoms with van der Waals surface area (Å²) in [6.07, 6.45) is 30.5. The lowest BCUT2D eigenvalue weighted by atomic mass is 10.1. The molecule has 0 aliphatic carbocycles. The van der Waals surface area contributed by atoms with Crippen LogP contribution in [0.5, 0.6) is 0 Å². The Morgan fingerprint density at radius 1 is 0.392 bits per heavy atom. The predicted octanol–water partition coefficient (Wildman–Crippen LogP) is 13.4. The lowest BCUT2D eigenvalue weighted by Crippen LogP contribution is -2.67. The average Bonchev–Trinajstić information content (AvgIpc) is 3.32. The molecule has 19 heteroatoms. The largest absolute Gasteiger partial charge is 0.416 e. The van der Waals surface area contributed by atoms with E-state index in [2.05, 4.69) is 57.1 Å². The number of rotatable bonds is 54. The molecule has 444 valence electrons. The van der Waals surface area contributed by atoms with E-state index in [4.69, 9.17) is 12.3 Å². The summed E-state index contributed by atoms with van der Waals surface area (Å²) in [6.45, 7) is 19.5. The molecule has 0 spiro atoms. The maximum Gasteiger partial charge on any atom is 0.318 e. The maximum absolute atomic E-state index is 11.4. The minimum Gasteiger partial charge on any atom is -0.416 e. The van der Waals surface area contributed by atoms with Crippen LogP contribution in [0.4, 0.5) is 0 Å². The molecule has 74 heavy (non-hydrogen) atoms. The molecule has 5 N–H and O–H groups in total. The van der Waals surface area contributed by atoms with E-state index in [1.165, 1.54) is 114 Å². The highest BCUT2D eigenvalue weighted by Crippen LogP contribution is 2.38. The van der Waals surface area contributed by atoms with Gasteiger partial charge in [0.15, 0.2) is 0 Å². The summed E-state index contributed by atoms with van der Waals surface area (Å²) in [5.74, 6) is 4.29. The third-order valence-corrected chi connectivity index (χ3v) is 33.2. The fourth-order valence-electron chi connectivity index (χ4n) is 10.1. The van der Waals surface area contributed by atoms with Crippen LogP contribution < -0.4 is 0 Å². The highest BCUT2D eigenvalue weighted by Gasteiger charge is 2.56. The van der Waals surface area contributed by atoms with E-state index in [0.29, 0.717) is 43.7 Å². The van der Waals surface area contributed by atoms with Gasteiger partial charge in [0.25, 0.3) is 10.1 Å². The highest BCUT2D eigenvalue weighted by molar-refractivity contribution is 8.00. The van der Waals surface area contributed by atoms with Crippen LogP contribution in [0.15, 0.2) is 0 Å². The Hall–Kier alpha value is 1.25. The molecule has 6 unspecified atom stereocenters. The third-order valence-electron chi connectivity index (χ3n) is 14.4. The lowest BCUT2D eigenvalue weighted by Gasteiger charge is -2.50. The minimum atomic E-state index is -4.02. The summed E-state index contributed by atoms with van der Waals surface area (Å²) in [6, 6.07) is 2.37. The van der Waals surface area contributed by atoms with Crippen molar-refractivity contribution in [2.75, 3.05) is 79.5 Å². The van der Waals surface area contributed by atoms with Crippen molar-refractivity contribution in [1.82, 2.24) is 9.80 Å². The van der Waals surface area contributed by atoms with Crippen molar-refractivity contribution < 1.29 is 45.7 Å². The first-order chi connectivity index (χ1) is 35.4. The van der Waals surface area contributed by atoms with E-state index in [1.54, 1.807) is 0 Å². The monoisotopic (exact) mass is 1180 g/mol. The molecule has 0 radical (unpaired) electrons. The second kappa shape index (κ2) is 45.8. The fourth-order valence-corrected chi connectivity index (χ4v) is 34.0. The molecule has 6 atom stereocenters. The molecule has 1 heterocycles. The summed E-state index contributed by atoms with van der Waals surface area (Å²) >= 11 is 5.30. The van der Waals surface area contributed by atoms with Crippen molar-refractivity contribution in [1.29, 1.82) is 0 Å². The first-order valence-electron chi connectivity index (χ1n) is 30.3. The van der Waals surface area contributed by atoms with Crippen LogP contribution in [0.25, 0.3) is 0 Å². The number of thioether (sulfide) groups is 3. The van der Waals surface area contributed by atoms with E-state index in [1.807, 2.05) is 23.5 Å². The molecular formula is C55H118N2O10S4Si3. The second-order valence-corrected chi connectivity index (χ2v) is 38.4. The van der Waals surface area contributed by atoms with Crippen molar-refractivity contribution in [3.63, 3.8) is 0 Å². The Balaban J connectivity index is 2.98. The lowest BCUT2D eigenvalue weighted by molar-refractivity contribution is 0.0634. The second-order valence-electron chi connectivity index (χ2n) is 22.4. The van der Waals surface area contributed by atoms with Crippen LogP contribution in [0, 0.1) is 0 Å². The molecular weight excluding hydrogens is 1060 g/mol. The standard InChI is InChI=1S/C55H118N2O10S4Si3/c1-8-12-16-20-24-28-32-52(58)48-56(49-53(59)33-29-25-21-17-13-9-2)36-38-68-41-45-72(5)65-73(6,67-74(7,66-72)47-43-70-40-44-71(62,63)64)46-42-69-39-37-57(50-54(60)34-30-26-22-18-14-10-3)51-55(61)35-31-27-23-19-15-11-4/h52-55,58-61H,8-51H2,1-7H3,(H,62,63,64). The number of unbranched alkanes of at least 4 members (excludes halogenated alkanes) is 20. The molecule has 1 saturated heterocycles. The Labute approximate surface area is 472 Å². The Kier molecular flexibility index (Phi) is 45.4. The van der Waals surface area contributed by atoms with Crippen LogP contribution in [-0.2, 0) is 22.5 Å². The Bertz CT molecular complexity index is 1290. The van der Waals surface area contributed by atoms with E-state index in [0.717, 1.165) is 125 Å². The average molecular weight is 1180 g/mol. The van der Waals surface area contributed by atoms with Crippen molar-refractivity contribution >= 4 is 71.1 Å². The van der Waals surface area contributed by atoms with Gasteiger partial charge in [0.2, 0.25) is 0 Å². The molecule has 0 aromatic rings. The van der Waals surface area contributed by atoms with Crippen LogP contribution in [-0.4, -0.2) is 173 Å². The van der Waals surface area contributed by atoms with Crippen LogP contribution in [0.3, 0.4) is 0 Å². The van der Waals surface area contributed by atoms with Crippen molar-refractivity contribution in [2.24, 2.45) is 0 Å². The number of nitrogens with zero attached hydrogens (tertiary/aromatic N) is 2. The molecule has 0 aromatic carbocycles. The van der Waals surface area contributed by atoms with E-state index >= 15 is 0 Å². The van der Waals surface area contributed by atoms with Crippen molar-refractivity contribution in [3.8, 4) is 0 Å². The summed E-state index contributed by atoms with van der Waals surface area (Å²) in [5.41, 5.74) is 0. The Morgan fingerprint density at radius 3 is 0.892 bits per heavy atom. The zero-order valence-corrected chi connectivity index (χ0v) is 55.0. The molecule has 1 aliphatic rings. The molecule has 0 saturated carbocycles. The zero-order valence-electron chi connectivity index (χ0n) is 48.7. The van der Waals surface area contributed by atoms with Gasteiger partial charge in [0.05, 0.1) is 30.2 Å². The van der Waals surface area contributed by atoms with Gasteiger partial charge < -0.3 is 32.8 Å². The van der Waals surface area contributed by atoms with Gasteiger partial charge in [-0.3, -0.25) is 14.4 Å². The summed E-state index contributed by atoms with van der Waals surface area (Å²) in [5, 5.41) is 44.5. The van der Waals surface area contributed by atoms with Crippen LogP contribution in [0.2, 0.25) is 37.8 Å². The first-order valence-corrected chi connectivity index (χ1v) is 43.0. The number of aliphatic hydroxyl groups is 4. The number of aliphatic hydroxyl groups excluding tert-OH is 4. The molecule has 0 aromatic heterocycles.